The van der Waals surface area contributed by atoms with Crippen LogP contribution in [0, 0.1) is 0 Å². The molecule has 1 aromatic carbocycles. The fourth-order valence-electron chi connectivity index (χ4n) is 2.97. The standard InChI is InChI=1S/C17H22ClN3O5/c1-9(22)21-8-11(23)7-14(21)17(25)20-13(16(19)24)6-10-3-4-15(26-2)12(18)5-10/h3-5,11,13-14,23H,6-8H2,1-2H3,(H2,19,24)(H,20,25)/t11-,13+,14+/m1/s1. The van der Waals surface area contributed by atoms with Crippen LogP contribution < -0.4 is 15.8 Å². The number of likely N-dealkylation sites (tertiary alicyclic amines) is 1. The molecule has 0 bridgehead atoms. The lowest BCUT2D eigenvalue weighted by Crippen LogP contribution is -2.52. The second-order valence-corrected chi connectivity index (χ2v) is 6.62. The largest absolute Gasteiger partial charge is 0.495 e. The van der Waals surface area contributed by atoms with Gasteiger partial charge in [-0.3, -0.25) is 14.4 Å². The number of amides is 3. The van der Waals surface area contributed by atoms with E-state index in [2.05, 4.69) is 5.32 Å². The molecule has 3 atom stereocenters. The van der Waals surface area contributed by atoms with Gasteiger partial charge in [0.1, 0.15) is 17.8 Å². The zero-order valence-corrected chi connectivity index (χ0v) is 15.3. The lowest BCUT2D eigenvalue weighted by molar-refractivity contribution is -0.138. The van der Waals surface area contributed by atoms with Crippen molar-refractivity contribution in [2.45, 2.75) is 38.0 Å². The second kappa shape index (κ2) is 8.37. The van der Waals surface area contributed by atoms with Crippen LogP contribution in [0.2, 0.25) is 5.02 Å². The molecule has 1 heterocycles. The van der Waals surface area contributed by atoms with Gasteiger partial charge in [0.05, 0.1) is 18.2 Å². The Bertz CT molecular complexity index is 712. The monoisotopic (exact) mass is 383 g/mol. The van der Waals surface area contributed by atoms with Gasteiger partial charge in [-0.15, -0.1) is 0 Å². The highest BCUT2D eigenvalue weighted by Gasteiger charge is 2.38. The minimum atomic E-state index is -0.974. The van der Waals surface area contributed by atoms with Crippen molar-refractivity contribution in [2.24, 2.45) is 5.73 Å². The van der Waals surface area contributed by atoms with Crippen LogP contribution in [0.4, 0.5) is 0 Å². The predicted molar refractivity (Wildman–Crippen MR) is 94.6 cm³/mol. The van der Waals surface area contributed by atoms with Crippen molar-refractivity contribution < 1.29 is 24.2 Å². The third kappa shape index (κ3) is 4.64. The van der Waals surface area contributed by atoms with Gasteiger partial charge in [0, 0.05) is 26.3 Å². The van der Waals surface area contributed by atoms with Gasteiger partial charge in [-0.05, 0) is 17.7 Å². The topological polar surface area (TPSA) is 122 Å². The number of aliphatic hydroxyl groups excluding tert-OH is 1. The summed E-state index contributed by atoms with van der Waals surface area (Å²) < 4.78 is 5.07. The van der Waals surface area contributed by atoms with E-state index in [4.69, 9.17) is 22.1 Å². The highest BCUT2D eigenvalue weighted by molar-refractivity contribution is 6.32. The number of methoxy groups -OCH3 is 1. The van der Waals surface area contributed by atoms with Crippen LogP contribution in [-0.2, 0) is 20.8 Å². The van der Waals surface area contributed by atoms with Gasteiger partial charge < -0.3 is 25.8 Å². The van der Waals surface area contributed by atoms with E-state index in [-0.39, 0.29) is 25.3 Å². The van der Waals surface area contributed by atoms with E-state index in [0.717, 1.165) is 0 Å². The van der Waals surface area contributed by atoms with Crippen molar-refractivity contribution in [3.05, 3.63) is 28.8 Å². The molecule has 4 N–H and O–H groups in total. The first-order chi connectivity index (χ1) is 12.2. The molecule has 0 spiro atoms. The molecule has 1 aromatic rings. The number of aliphatic hydroxyl groups is 1. The number of rotatable bonds is 6. The number of nitrogens with zero attached hydrogens (tertiary/aromatic N) is 1. The molecule has 0 saturated carbocycles. The Kier molecular flexibility index (Phi) is 6.44. The maximum Gasteiger partial charge on any atom is 0.243 e. The number of carbonyl (C=O) groups is 3. The molecule has 8 nitrogen and oxygen atoms in total. The highest BCUT2D eigenvalue weighted by Crippen LogP contribution is 2.25. The van der Waals surface area contributed by atoms with Gasteiger partial charge in [0.15, 0.2) is 0 Å². The van der Waals surface area contributed by atoms with Crippen LogP contribution >= 0.6 is 11.6 Å². The molecular formula is C17H22ClN3O5. The van der Waals surface area contributed by atoms with Crippen LogP contribution in [-0.4, -0.2) is 59.6 Å². The van der Waals surface area contributed by atoms with Crippen LogP contribution in [0.25, 0.3) is 0 Å². The summed E-state index contributed by atoms with van der Waals surface area (Å²) >= 11 is 6.07. The number of benzene rings is 1. The maximum atomic E-state index is 12.5. The molecule has 0 radical (unpaired) electrons. The third-order valence-corrected chi connectivity index (χ3v) is 4.60. The molecule has 142 valence electrons. The van der Waals surface area contributed by atoms with Crippen molar-refractivity contribution in [2.75, 3.05) is 13.7 Å². The number of primary amides is 1. The highest BCUT2D eigenvalue weighted by atomic mass is 35.5. The molecular weight excluding hydrogens is 362 g/mol. The number of halogens is 1. The van der Waals surface area contributed by atoms with E-state index in [1.807, 2.05) is 0 Å². The molecule has 9 heteroatoms. The van der Waals surface area contributed by atoms with Crippen molar-refractivity contribution >= 4 is 29.3 Å². The van der Waals surface area contributed by atoms with E-state index in [0.29, 0.717) is 16.3 Å². The molecule has 1 aliphatic rings. The molecule has 0 unspecified atom stereocenters. The summed E-state index contributed by atoms with van der Waals surface area (Å²) in [5.74, 6) is -1.07. The van der Waals surface area contributed by atoms with Gasteiger partial charge >= 0.3 is 0 Å². The first-order valence-corrected chi connectivity index (χ1v) is 8.48. The number of ether oxygens (including phenoxy) is 1. The lowest BCUT2D eigenvalue weighted by atomic mass is 10.0. The number of hydrogen-bond donors (Lipinski definition) is 3. The van der Waals surface area contributed by atoms with Crippen LogP contribution in [0.1, 0.15) is 18.9 Å². The third-order valence-electron chi connectivity index (χ3n) is 4.30. The quantitative estimate of drug-likeness (QED) is 0.630. The Morgan fingerprint density at radius 2 is 2.15 bits per heavy atom. The van der Waals surface area contributed by atoms with Gasteiger partial charge in [-0.2, -0.15) is 0 Å². The fraction of sp³-hybridized carbons (Fsp3) is 0.471. The summed E-state index contributed by atoms with van der Waals surface area (Å²) in [6.07, 6.45) is -0.521. The summed E-state index contributed by atoms with van der Waals surface area (Å²) in [6.45, 7) is 1.41. The molecule has 1 aliphatic heterocycles. The Morgan fingerprint density at radius 3 is 2.69 bits per heavy atom. The Labute approximate surface area is 156 Å². The van der Waals surface area contributed by atoms with Crippen molar-refractivity contribution in [3.8, 4) is 5.75 Å². The summed E-state index contributed by atoms with van der Waals surface area (Å²) in [5.41, 5.74) is 6.10. The Hall–Kier alpha value is -2.32. The fourth-order valence-corrected chi connectivity index (χ4v) is 3.25. The van der Waals surface area contributed by atoms with Crippen molar-refractivity contribution in [1.82, 2.24) is 10.2 Å². The minimum Gasteiger partial charge on any atom is -0.495 e. The van der Waals surface area contributed by atoms with Crippen LogP contribution in [0.15, 0.2) is 18.2 Å². The number of hydrogen-bond acceptors (Lipinski definition) is 5. The maximum absolute atomic E-state index is 12.5. The van der Waals surface area contributed by atoms with Crippen molar-refractivity contribution in [1.29, 1.82) is 0 Å². The molecule has 0 aromatic heterocycles. The zero-order chi connectivity index (χ0) is 19.4. The van der Waals surface area contributed by atoms with E-state index in [9.17, 15) is 19.5 Å². The summed E-state index contributed by atoms with van der Waals surface area (Å²) in [4.78, 5) is 37.2. The predicted octanol–water partition coefficient (Wildman–Crippen LogP) is -0.157. The molecule has 26 heavy (non-hydrogen) atoms. The number of nitrogens with two attached hydrogens (primary N) is 1. The summed E-state index contributed by atoms with van der Waals surface area (Å²) in [6, 6.07) is 3.20. The normalized spacial score (nSPS) is 20.5. The summed E-state index contributed by atoms with van der Waals surface area (Å²) in [5, 5.41) is 12.7. The van der Waals surface area contributed by atoms with E-state index in [1.54, 1.807) is 18.2 Å². The molecule has 3 amide bonds. The number of nitrogens with one attached hydrogen (secondary N) is 1. The van der Waals surface area contributed by atoms with Crippen molar-refractivity contribution in [3.63, 3.8) is 0 Å². The summed E-state index contributed by atoms with van der Waals surface area (Å²) in [7, 11) is 1.49. The molecule has 1 saturated heterocycles. The van der Waals surface area contributed by atoms with Gasteiger partial charge in [-0.1, -0.05) is 17.7 Å². The average molecular weight is 384 g/mol. The lowest BCUT2D eigenvalue weighted by Gasteiger charge is -2.24. The molecule has 0 aliphatic carbocycles. The SMILES string of the molecule is COc1ccc(C[C@H](NC(=O)[C@@H]2C[C@@H](O)CN2C(C)=O)C(N)=O)cc1Cl. The Morgan fingerprint density at radius 1 is 1.46 bits per heavy atom. The van der Waals surface area contributed by atoms with Gasteiger partial charge in [0.25, 0.3) is 0 Å². The number of β-amino-alcohol motifs (C(OH)–C–C–N with tert-alkyl or cyclic N) is 1. The molecule has 1 fully saturated rings. The first kappa shape index (κ1) is 20.0. The second-order valence-electron chi connectivity index (χ2n) is 6.21. The van der Waals surface area contributed by atoms with E-state index < -0.39 is 30.0 Å². The van der Waals surface area contributed by atoms with Gasteiger partial charge in [-0.25, -0.2) is 0 Å². The number of carbonyl (C=O) groups excluding carboxylic acids is 3. The van der Waals surface area contributed by atoms with Crippen LogP contribution in [0.3, 0.4) is 0 Å². The minimum absolute atomic E-state index is 0.0861. The van der Waals surface area contributed by atoms with E-state index in [1.165, 1.54) is 18.9 Å². The van der Waals surface area contributed by atoms with Gasteiger partial charge in [0.2, 0.25) is 17.7 Å². The smallest absolute Gasteiger partial charge is 0.243 e. The molecule has 2 rings (SSSR count). The Balaban J connectivity index is 2.10. The zero-order valence-electron chi connectivity index (χ0n) is 14.6. The van der Waals surface area contributed by atoms with E-state index >= 15 is 0 Å². The first-order valence-electron chi connectivity index (χ1n) is 8.10. The van der Waals surface area contributed by atoms with Crippen LogP contribution in [0.5, 0.6) is 5.75 Å². The average Bonchev–Trinajstić information content (AvgIpc) is 2.96.